The summed E-state index contributed by atoms with van der Waals surface area (Å²) in [5.41, 5.74) is 0.831. The maximum Gasteiger partial charge on any atom is 0.183 e. The van der Waals surface area contributed by atoms with E-state index in [2.05, 4.69) is 20.9 Å². The molecule has 3 nitrogen and oxygen atoms in total. The molecule has 26 heavy (non-hydrogen) atoms. The van der Waals surface area contributed by atoms with E-state index in [1.807, 2.05) is 48.5 Å². The molecule has 2 aromatic carbocycles. The van der Waals surface area contributed by atoms with Gasteiger partial charge in [0.1, 0.15) is 0 Å². The number of hydrogen-bond donors (Lipinski definition) is 0. The van der Waals surface area contributed by atoms with Crippen LogP contribution in [0.3, 0.4) is 0 Å². The zero-order valence-corrected chi connectivity index (χ0v) is 17.1. The van der Waals surface area contributed by atoms with Crippen LogP contribution in [-0.4, -0.2) is 16.6 Å². The molecule has 4 rings (SSSR count). The Kier molecular flexibility index (Phi) is 4.59. The Bertz CT molecular complexity index is 1040. The number of allylic oxidation sites excluding steroid dienone is 2. The third kappa shape index (κ3) is 3.17. The van der Waals surface area contributed by atoms with E-state index in [0.717, 1.165) is 24.6 Å². The highest BCUT2D eigenvalue weighted by molar-refractivity contribution is 9.10. The van der Waals surface area contributed by atoms with Gasteiger partial charge in [0, 0.05) is 4.47 Å². The monoisotopic (exact) mass is 443 g/mol. The molecular weight excluding hydrogens is 430 g/mol. The Balaban J connectivity index is 1.58. The molecule has 0 saturated heterocycles. The molecule has 0 amide bonds. The van der Waals surface area contributed by atoms with E-state index in [-0.39, 0.29) is 11.6 Å². The Morgan fingerprint density at radius 3 is 2.73 bits per heavy atom. The Hall–Kier alpha value is -1.76. The number of Topliss-reactive ketones (excluding diaryl/α,β-unsaturated/α-hetero) is 1. The SMILES string of the molecule is C[C@@]1(Cc2cccc(Br)c2)C(=O)C=C(Sc2nc3ccccc3s2)C1=O. The van der Waals surface area contributed by atoms with Gasteiger partial charge in [-0.1, -0.05) is 52.0 Å². The van der Waals surface area contributed by atoms with Crippen molar-refractivity contribution in [2.75, 3.05) is 0 Å². The molecule has 0 aliphatic heterocycles. The van der Waals surface area contributed by atoms with Gasteiger partial charge in [0.15, 0.2) is 15.9 Å². The highest BCUT2D eigenvalue weighted by Crippen LogP contribution is 2.43. The van der Waals surface area contributed by atoms with Crippen LogP contribution in [0.4, 0.5) is 0 Å². The van der Waals surface area contributed by atoms with Gasteiger partial charge in [0.05, 0.1) is 20.5 Å². The number of rotatable bonds is 4. The first-order valence-electron chi connectivity index (χ1n) is 8.04. The van der Waals surface area contributed by atoms with E-state index < -0.39 is 5.41 Å². The van der Waals surface area contributed by atoms with E-state index >= 15 is 0 Å². The van der Waals surface area contributed by atoms with Crippen molar-refractivity contribution in [3.63, 3.8) is 0 Å². The van der Waals surface area contributed by atoms with E-state index in [1.165, 1.54) is 29.2 Å². The number of carbonyl (C=O) groups excluding carboxylic acids is 2. The molecule has 0 bridgehead atoms. The summed E-state index contributed by atoms with van der Waals surface area (Å²) in [5, 5.41) is 0. The van der Waals surface area contributed by atoms with Gasteiger partial charge in [-0.05, 0) is 49.2 Å². The smallest absolute Gasteiger partial charge is 0.183 e. The molecule has 1 atom stereocenters. The minimum absolute atomic E-state index is 0.119. The van der Waals surface area contributed by atoms with Crippen LogP contribution in [0.2, 0.25) is 0 Å². The molecule has 1 heterocycles. The Morgan fingerprint density at radius 2 is 1.96 bits per heavy atom. The molecule has 1 aliphatic carbocycles. The van der Waals surface area contributed by atoms with Crippen molar-refractivity contribution >= 4 is 60.8 Å². The lowest BCUT2D eigenvalue weighted by Gasteiger charge is -2.21. The average molecular weight is 444 g/mol. The summed E-state index contributed by atoms with van der Waals surface area (Å²) in [6.07, 6.45) is 1.88. The van der Waals surface area contributed by atoms with Crippen LogP contribution in [0, 0.1) is 5.41 Å². The highest BCUT2D eigenvalue weighted by atomic mass is 79.9. The van der Waals surface area contributed by atoms with Crippen molar-refractivity contribution < 1.29 is 9.59 Å². The Morgan fingerprint density at radius 1 is 1.15 bits per heavy atom. The molecule has 1 aliphatic rings. The van der Waals surface area contributed by atoms with Gasteiger partial charge in [0.25, 0.3) is 0 Å². The number of ketones is 2. The van der Waals surface area contributed by atoms with Crippen LogP contribution in [0.1, 0.15) is 12.5 Å². The van der Waals surface area contributed by atoms with E-state index in [0.29, 0.717) is 11.3 Å². The van der Waals surface area contributed by atoms with Crippen molar-refractivity contribution in [2.24, 2.45) is 5.41 Å². The van der Waals surface area contributed by atoms with Crippen molar-refractivity contribution in [3.05, 3.63) is 69.5 Å². The molecule has 0 fully saturated rings. The Labute approximate surface area is 167 Å². The number of aromatic nitrogens is 1. The van der Waals surface area contributed by atoms with Crippen LogP contribution < -0.4 is 0 Å². The molecule has 1 aromatic heterocycles. The highest BCUT2D eigenvalue weighted by Gasteiger charge is 2.46. The summed E-state index contributed by atoms with van der Waals surface area (Å²) < 4.78 is 2.79. The lowest BCUT2D eigenvalue weighted by molar-refractivity contribution is -0.132. The van der Waals surface area contributed by atoms with Gasteiger partial charge >= 0.3 is 0 Å². The minimum atomic E-state index is -1.04. The molecule has 3 aromatic rings. The van der Waals surface area contributed by atoms with Gasteiger partial charge < -0.3 is 0 Å². The standard InChI is InChI=1S/C20H14BrNO2S2/c1-20(11-12-5-4-6-13(21)9-12)17(23)10-16(18(20)24)26-19-22-14-7-2-3-8-15(14)25-19/h2-10H,11H2,1H3/t20-/m1/s1. The van der Waals surface area contributed by atoms with Crippen molar-refractivity contribution in [2.45, 2.75) is 17.7 Å². The van der Waals surface area contributed by atoms with Crippen LogP contribution in [-0.2, 0) is 16.0 Å². The quantitative estimate of drug-likeness (QED) is 0.503. The van der Waals surface area contributed by atoms with Crippen LogP contribution >= 0.6 is 39.0 Å². The molecular formula is C20H14BrNO2S2. The molecule has 0 unspecified atom stereocenters. The molecule has 6 heteroatoms. The number of carbonyl (C=O) groups is 2. The number of thioether (sulfide) groups is 1. The first-order valence-corrected chi connectivity index (χ1v) is 10.5. The maximum absolute atomic E-state index is 13.0. The summed E-state index contributed by atoms with van der Waals surface area (Å²) in [5.74, 6) is -0.252. The largest absolute Gasteiger partial charge is 0.294 e. The lowest BCUT2D eigenvalue weighted by atomic mass is 9.80. The van der Waals surface area contributed by atoms with Gasteiger partial charge in [-0.2, -0.15) is 0 Å². The molecule has 130 valence electrons. The average Bonchev–Trinajstić information content (AvgIpc) is 3.10. The molecule has 0 saturated carbocycles. The van der Waals surface area contributed by atoms with Gasteiger partial charge in [0.2, 0.25) is 0 Å². The first-order chi connectivity index (χ1) is 12.5. The predicted octanol–water partition coefficient (Wildman–Crippen LogP) is 5.44. The van der Waals surface area contributed by atoms with E-state index in [4.69, 9.17) is 0 Å². The fourth-order valence-electron chi connectivity index (χ4n) is 3.01. The number of para-hydroxylation sites is 1. The third-order valence-corrected chi connectivity index (χ3v) is 7.06. The number of thiazole rings is 1. The number of benzene rings is 2. The normalized spacial score (nSPS) is 20.0. The number of fused-ring (bicyclic) bond motifs is 1. The van der Waals surface area contributed by atoms with Gasteiger partial charge in [-0.25, -0.2) is 4.98 Å². The van der Waals surface area contributed by atoms with Crippen LogP contribution in [0.25, 0.3) is 10.2 Å². The zero-order valence-electron chi connectivity index (χ0n) is 13.9. The minimum Gasteiger partial charge on any atom is -0.294 e. The summed E-state index contributed by atoms with van der Waals surface area (Å²) >= 11 is 6.27. The summed E-state index contributed by atoms with van der Waals surface area (Å²) in [6.45, 7) is 1.74. The fourth-order valence-corrected chi connectivity index (χ4v) is 5.68. The summed E-state index contributed by atoms with van der Waals surface area (Å²) in [4.78, 5) is 30.7. The summed E-state index contributed by atoms with van der Waals surface area (Å²) in [7, 11) is 0. The predicted molar refractivity (Wildman–Crippen MR) is 110 cm³/mol. The van der Waals surface area contributed by atoms with Crippen molar-refractivity contribution in [1.82, 2.24) is 4.98 Å². The second-order valence-electron chi connectivity index (χ2n) is 6.39. The molecule has 0 spiro atoms. The second kappa shape index (κ2) is 6.76. The lowest BCUT2D eigenvalue weighted by Crippen LogP contribution is -2.33. The number of nitrogens with zero attached hydrogens (tertiary/aromatic N) is 1. The maximum atomic E-state index is 13.0. The van der Waals surface area contributed by atoms with Gasteiger partial charge in [-0.3, -0.25) is 9.59 Å². The van der Waals surface area contributed by atoms with Crippen molar-refractivity contribution in [1.29, 1.82) is 0 Å². The molecule has 0 radical (unpaired) electrons. The van der Waals surface area contributed by atoms with Crippen LogP contribution in [0.5, 0.6) is 0 Å². The summed E-state index contributed by atoms with van der Waals surface area (Å²) in [6, 6.07) is 15.6. The van der Waals surface area contributed by atoms with E-state index in [1.54, 1.807) is 6.92 Å². The van der Waals surface area contributed by atoms with Crippen molar-refractivity contribution in [3.8, 4) is 0 Å². The number of halogens is 1. The molecule has 0 N–H and O–H groups in total. The first kappa shape index (κ1) is 17.6. The fraction of sp³-hybridized carbons (Fsp3) is 0.150. The topological polar surface area (TPSA) is 47.0 Å². The third-order valence-electron chi connectivity index (χ3n) is 4.45. The number of hydrogen-bond acceptors (Lipinski definition) is 5. The van der Waals surface area contributed by atoms with Crippen LogP contribution in [0.15, 0.2) is 68.3 Å². The van der Waals surface area contributed by atoms with Gasteiger partial charge in [-0.15, -0.1) is 11.3 Å². The zero-order chi connectivity index (χ0) is 18.3. The second-order valence-corrected chi connectivity index (χ2v) is 9.63. The van der Waals surface area contributed by atoms with E-state index in [9.17, 15) is 9.59 Å².